The lowest BCUT2D eigenvalue weighted by atomic mass is 10.0. The Labute approximate surface area is 168 Å². The summed E-state index contributed by atoms with van der Waals surface area (Å²) in [5, 5.41) is 0. The maximum absolute atomic E-state index is 5.61. The average molecular weight is 385 g/mol. The van der Waals surface area contributed by atoms with Crippen molar-refractivity contribution in [3.05, 3.63) is 53.6 Å². The number of methoxy groups -OCH3 is 3. The van der Waals surface area contributed by atoms with Crippen LogP contribution in [-0.4, -0.2) is 57.3 Å². The molecule has 1 heterocycles. The summed E-state index contributed by atoms with van der Waals surface area (Å²) >= 11 is 0. The first-order valence-electron chi connectivity index (χ1n) is 9.90. The first kappa shape index (κ1) is 20.5. The molecule has 0 saturated carbocycles. The van der Waals surface area contributed by atoms with Gasteiger partial charge in [-0.25, -0.2) is 0 Å². The van der Waals surface area contributed by atoms with Crippen LogP contribution < -0.4 is 14.2 Å². The molecule has 1 fully saturated rings. The minimum Gasteiger partial charge on any atom is -0.496 e. The molecule has 0 aliphatic carbocycles. The zero-order valence-electron chi connectivity index (χ0n) is 17.5. The molecular weight excluding hydrogens is 352 g/mol. The Morgan fingerprint density at radius 3 is 2.32 bits per heavy atom. The van der Waals surface area contributed by atoms with Gasteiger partial charge in [-0.05, 0) is 38.1 Å². The minimum atomic E-state index is 0.556. The zero-order chi connectivity index (χ0) is 19.9. The van der Waals surface area contributed by atoms with Crippen molar-refractivity contribution < 1.29 is 14.2 Å². The molecule has 0 radical (unpaired) electrons. The largest absolute Gasteiger partial charge is 0.496 e. The second-order valence-corrected chi connectivity index (χ2v) is 7.45. The summed E-state index contributed by atoms with van der Waals surface area (Å²) in [6.07, 6.45) is 2.45. The minimum absolute atomic E-state index is 0.556. The maximum Gasteiger partial charge on any atom is 0.164 e. The van der Waals surface area contributed by atoms with Gasteiger partial charge >= 0.3 is 0 Å². The number of piperidine rings is 1. The van der Waals surface area contributed by atoms with Gasteiger partial charge in [-0.2, -0.15) is 0 Å². The summed E-state index contributed by atoms with van der Waals surface area (Å²) in [4.78, 5) is 4.99. The van der Waals surface area contributed by atoms with Gasteiger partial charge < -0.3 is 14.2 Å². The average Bonchev–Trinajstić information content (AvgIpc) is 2.74. The van der Waals surface area contributed by atoms with Crippen molar-refractivity contribution in [2.24, 2.45) is 0 Å². The van der Waals surface area contributed by atoms with Crippen LogP contribution in [0.2, 0.25) is 0 Å². The van der Waals surface area contributed by atoms with Crippen LogP contribution in [0.1, 0.15) is 24.0 Å². The molecule has 28 heavy (non-hydrogen) atoms. The Kier molecular flexibility index (Phi) is 7.18. The van der Waals surface area contributed by atoms with Crippen LogP contribution in [0, 0.1) is 0 Å². The lowest BCUT2D eigenvalue weighted by molar-refractivity contribution is 0.106. The summed E-state index contributed by atoms with van der Waals surface area (Å²) in [6.45, 7) is 3.99. The van der Waals surface area contributed by atoms with Crippen LogP contribution in [-0.2, 0) is 13.1 Å². The number of nitrogens with zero attached hydrogens (tertiary/aromatic N) is 2. The monoisotopic (exact) mass is 384 g/mol. The molecule has 5 nitrogen and oxygen atoms in total. The van der Waals surface area contributed by atoms with Crippen LogP contribution in [0.15, 0.2) is 42.5 Å². The highest BCUT2D eigenvalue weighted by molar-refractivity contribution is 5.50. The maximum atomic E-state index is 5.61. The van der Waals surface area contributed by atoms with Crippen LogP contribution >= 0.6 is 0 Å². The quantitative estimate of drug-likeness (QED) is 0.691. The molecule has 5 heteroatoms. The number of rotatable bonds is 8. The molecular formula is C23H32N2O3. The fourth-order valence-corrected chi connectivity index (χ4v) is 3.99. The molecule has 1 saturated heterocycles. The molecule has 1 unspecified atom stereocenters. The Balaban J connectivity index is 1.67. The molecule has 0 N–H and O–H groups in total. The normalized spacial score (nSPS) is 17.5. The Morgan fingerprint density at radius 2 is 1.64 bits per heavy atom. The third-order valence-corrected chi connectivity index (χ3v) is 5.56. The van der Waals surface area contributed by atoms with Crippen LogP contribution in [0.3, 0.4) is 0 Å². The number of likely N-dealkylation sites (tertiary alicyclic amines) is 1. The molecule has 0 spiro atoms. The van der Waals surface area contributed by atoms with Gasteiger partial charge in [-0.3, -0.25) is 9.80 Å². The lowest BCUT2D eigenvalue weighted by Gasteiger charge is -2.38. The van der Waals surface area contributed by atoms with E-state index in [0.29, 0.717) is 11.8 Å². The molecule has 0 bridgehead atoms. The smallest absolute Gasteiger partial charge is 0.164 e. The summed E-state index contributed by atoms with van der Waals surface area (Å²) in [7, 11) is 7.26. The van der Waals surface area contributed by atoms with Crippen LogP contribution in [0.4, 0.5) is 0 Å². The third kappa shape index (κ3) is 4.97. The molecule has 2 aromatic carbocycles. The summed E-state index contributed by atoms with van der Waals surface area (Å²) in [5.74, 6) is 2.28. The number of ether oxygens (including phenoxy) is 3. The number of likely N-dealkylation sites (N-methyl/N-ethyl adjacent to an activating group) is 1. The molecule has 2 aromatic rings. The Hall–Kier alpha value is -2.24. The third-order valence-electron chi connectivity index (χ3n) is 5.56. The van der Waals surface area contributed by atoms with Gasteiger partial charge in [-0.15, -0.1) is 0 Å². The van der Waals surface area contributed by atoms with Crippen molar-refractivity contribution in [3.63, 3.8) is 0 Å². The Morgan fingerprint density at radius 1 is 0.964 bits per heavy atom. The van der Waals surface area contributed by atoms with E-state index in [1.54, 1.807) is 21.3 Å². The highest BCUT2D eigenvalue weighted by Gasteiger charge is 2.24. The van der Waals surface area contributed by atoms with E-state index in [1.807, 2.05) is 12.1 Å². The van der Waals surface area contributed by atoms with Crippen molar-refractivity contribution in [2.45, 2.75) is 32.0 Å². The lowest BCUT2D eigenvalue weighted by Crippen LogP contribution is -2.45. The highest BCUT2D eigenvalue weighted by atomic mass is 16.5. The molecule has 0 amide bonds. The fourth-order valence-electron chi connectivity index (χ4n) is 3.99. The molecule has 152 valence electrons. The van der Waals surface area contributed by atoms with Crippen molar-refractivity contribution >= 4 is 0 Å². The van der Waals surface area contributed by atoms with E-state index in [9.17, 15) is 0 Å². The predicted molar refractivity (Wildman–Crippen MR) is 112 cm³/mol. The van der Waals surface area contributed by atoms with E-state index in [0.717, 1.165) is 43.2 Å². The fraction of sp³-hybridized carbons (Fsp3) is 0.478. The van der Waals surface area contributed by atoms with Gasteiger partial charge in [0.25, 0.3) is 0 Å². The van der Waals surface area contributed by atoms with Crippen molar-refractivity contribution in [1.29, 1.82) is 0 Å². The molecule has 3 rings (SSSR count). The van der Waals surface area contributed by atoms with Crippen molar-refractivity contribution in [3.8, 4) is 17.2 Å². The van der Waals surface area contributed by atoms with E-state index in [4.69, 9.17) is 14.2 Å². The van der Waals surface area contributed by atoms with E-state index in [-0.39, 0.29) is 0 Å². The van der Waals surface area contributed by atoms with Gasteiger partial charge in [0.05, 0.1) is 21.3 Å². The first-order chi connectivity index (χ1) is 13.6. The molecule has 1 aliphatic heterocycles. The summed E-state index contributed by atoms with van der Waals surface area (Å²) in [6, 6.07) is 15.2. The van der Waals surface area contributed by atoms with E-state index in [2.05, 4.69) is 47.2 Å². The van der Waals surface area contributed by atoms with Gasteiger partial charge in [0, 0.05) is 37.3 Å². The van der Waals surface area contributed by atoms with E-state index >= 15 is 0 Å². The Bertz CT molecular complexity index is 751. The van der Waals surface area contributed by atoms with E-state index in [1.165, 1.54) is 18.4 Å². The number of benzene rings is 2. The predicted octanol–water partition coefficient (Wildman–Crippen LogP) is 3.81. The standard InChI is InChI=1S/C23H32N2O3/c1-24(15-18-9-6-5-7-10-18)20-11-8-12-25(17-20)16-19-13-22(27-3)23(28-4)14-21(19)26-2/h5-7,9-10,13-14,20H,8,11-12,15-17H2,1-4H3. The summed E-state index contributed by atoms with van der Waals surface area (Å²) < 4.78 is 16.5. The van der Waals surface area contributed by atoms with E-state index < -0.39 is 0 Å². The highest BCUT2D eigenvalue weighted by Crippen LogP contribution is 2.35. The zero-order valence-corrected chi connectivity index (χ0v) is 17.5. The molecule has 1 atom stereocenters. The van der Waals surface area contributed by atoms with Crippen LogP contribution in [0.25, 0.3) is 0 Å². The van der Waals surface area contributed by atoms with Gasteiger partial charge in [-0.1, -0.05) is 30.3 Å². The van der Waals surface area contributed by atoms with Crippen LogP contribution in [0.5, 0.6) is 17.2 Å². The second-order valence-electron chi connectivity index (χ2n) is 7.45. The SMILES string of the molecule is COc1cc(OC)c(OC)cc1CN1CCCC(N(C)Cc2ccccc2)C1. The van der Waals surface area contributed by atoms with Gasteiger partial charge in [0.1, 0.15) is 5.75 Å². The number of hydrogen-bond donors (Lipinski definition) is 0. The topological polar surface area (TPSA) is 34.2 Å². The number of hydrogen-bond acceptors (Lipinski definition) is 5. The van der Waals surface area contributed by atoms with Crippen molar-refractivity contribution in [2.75, 3.05) is 41.5 Å². The summed E-state index contributed by atoms with van der Waals surface area (Å²) in [5.41, 5.74) is 2.50. The van der Waals surface area contributed by atoms with Gasteiger partial charge in [0.2, 0.25) is 0 Å². The molecule has 1 aliphatic rings. The van der Waals surface area contributed by atoms with Gasteiger partial charge in [0.15, 0.2) is 11.5 Å². The van der Waals surface area contributed by atoms with Crippen molar-refractivity contribution in [1.82, 2.24) is 9.80 Å². The second kappa shape index (κ2) is 9.80. The molecule has 0 aromatic heterocycles. The first-order valence-corrected chi connectivity index (χ1v) is 9.90.